The maximum absolute atomic E-state index is 5.02. The summed E-state index contributed by atoms with van der Waals surface area (Å²) in [6, 6.07) is 0. The van der Waals surface area contributed by atoms with Gasteiger partial charge in [-0.2, -0.15) is 4.79 Å². The highest BCUT2D eigenvalue weighted by Crippen LogP contribution is 1.76. The van der Waals surface area contributed by atoms with Gasteiger partial charge in [0.25, 0.3) is 0 Å². The molecule has 1 aromatic heterocycles. The fourth-order valence-electron chi connectivity index (χ4n) is 0.733. The topological polar surface area (TPSA) is 78.0 Å². The third-order valence-electron chi connectivity index (χ3n) is 1.29. The van der Waals surface area contributed by atoms with Gasteiger partial charge in [0.05, 0.1) is 25.6 Å². The van der Waals surface area contributed by atoms with Crippen LogP contribution in [0.25, 0.3) is 0 Å². The zero-order valence-corrected chi connectivity index (χ0v) is 6.81. The Kier molecular flexibility index (Phi) is 4.11. The summed E-state index contributed by atoms with van der Waals surface area (Å²) in [6.07, 6.45) is 3.07. The van der Waals surface area contributed by atoms with Crippen molar-refractivity contribution in [1.29, 1.82) is 0 Å². The Morgan fingerprint density at radius 1 is 1.42 bits per heavy atom. The van der Waals surface area contributed by atoms with Crippen LogP contribution in [0, 0.1) is 0 Å². The van der Waals surface area contributed by atoms with Crippen LogP contribution in [-0.4, -0.2) is 41.4 Å². The quantitative estimate of drug-likeness (QED) is 0.469. The first kappa shape index (κ1) is 8.95. The van der Waals surface area contributed by atoms with Crippen molar-refractivity contribution in [3.05, 3.63) is 12.4 Å². The van der Waals surface area contributed by atoms with Crippen molar-refractivity contribution in [3.8, 4) is 0 Å². The first-order valence-corrected chi connectivity index (χ1v) is 3.79. The number of morpholine rings is 1. The van der Waals surface area contributed by atoms with E-state index >= 15 is 0 Å². The van der Waals surface area contributed by atoms with Crippen molar-refractivity contribution in [2.24, 2.45) is 0 Å². The van der Waals surface area contributed by atoms with Crippen LogP contribution in [0.3, 0.4) is 0 Å². The van der Waals surface area contributed by atoms with E-state index < -0.39 is 0 Å². The molecule has 0 saturated carbocycles. The SMILES string of the molecule is C1COCCN1.Nn1ccnn1. The summed E-state index contributed by atoms with van der Waals surface area (Å²) in [6.45, 7) is 3.83. The molecule has 1 fully saturated rings. The second kappa shape index (κ2) is 5.50. The number of nitrogen functional groups attached to an aromatic ring is 1. The fraction of sp³-hybridized carbons (Fsp3) is 0.667. The molecule has 68 valence electrons. The van der Waals surface area contributed by atoms with Crippen LogP contribution in [0.2, 0.25) is 0 Å². The molecule has 0 aromatic carbocycles. The van der Waals surface area contributed by atoms with Crippen molar-refractivity contribution >= 4 is 0 Å². The molecule has 6 nitrogen and oxygen atoms in total. The van der Waals surface area contributed by atoms with Gasteiger partial charge >= 0.3 is 0 Å². The molecule has 6 heteroatoms. The monoisotopic (exact) mass is 171 g/mol. The first-order chi connectivity index (χ1) is 5.89. The molecule has 1 aliphatic rings. The zero-order chi connectivity index (χ0) is 8.65. The van der Waals surface area contributed by atoms with Crippen LogP contribution in [0.1, 0.15) is 0 Å². The Balaban J connectivity index is 0.000000120. The Bertz CT molecular complexity index is 172. The van der Waals surface area contributed by atoms with Gasteiger partial charge in [-0.1, -0.05) is 0 Å². The molecule has 0 bridgehead atoms. The van der Waals surface area contributed by atoms with Crippen molar-refractivity contribution in [3.63, 3.8) is 0 Å². The van der Waals surface area contributed by atoms with Crippen molar-refractivity contribution in [2.75, 3.05) is 32.1 Å². The van der Waals surface area contributed by atoms with Crippen LogP contribution >= 0.6 is 0 Å². The van der Waals surface area contributed by atoms with Crippen molar-refractivity contribution < 1.29 is 4.74 Å². The highest BCUT2D eigenvalue weighted by molar-refractivity contribution is 4.61. The minimum absolute atomic E-state index is 0.889. The first-order valence-electron chi connectivity index (χ1n) is 3.79. The number of nitrogens with one attached hydrogen (secondary N) is 1. The van der Waals surface area contributed by atoms with Crippen LogP contribution in [0.4, 0.5) is 0 Å². The van der Waals surface area contributed by atoms with Crippen LogP contribution in [0.15, 0.2) is 12.4 Å². The van der Waals surface area contributed by atoms with E-state index in [1.807, 2.05) is 0 Å². The standard InChI is InChI=1S/C4H9NO.C2H4N4/c1-3-6-4-2-5-1;3-6-2-1-4-5-6/h5H,1-4H2;1-2H,3H2. The summed E-state index contributed by atoms with van der Waals surface area (Å²) in [5, 5.41) is 9.93. The predicted octanol–water partition coefficient (Wildman–Crippen LogP) is -1.40. The number of hydrogen-bond acceptors (Lipinski definition) is 5. The predicted molar refractivity (Wildman–Crippen MR) is 43.9 cm³/mol. The molecule has 0 radical (unpaired) electrons. The van der Waals surface area contributed by atoms with Gasteiger partial charge in [-0.15, -0.1) is 5.10 Å². The van der Waals surface area contributed by atoms with E-state index in [1.165, 1.54) is 6.20 Å². The number of ether oxygens (including phenoxy) is 1. The molecule has 1 saturated heterocycles. The van der Waals surface area contributed by atoms with Gasteiger partial charge in [-0.05, 0) is 5.21 Å². The van der Waals surface area contributed by atoms with E-state index in [0.717, 1.165) is 31.1 Å². The molecule has 0 amide bonds. The van der Waals surface area contributed by atoms with Gasteiger partial charge in [0.2, 0.25) is 0 Å². The van der Waals surface area contributed by atoms with Crippen LogP contribution < -0.4 is 11.2 Å². The average molecular weight is 171 g/mol. The summed E-state index contributed by atoms with van der Waals surface area (Å²) < 4.78 is 5.01. The molecule has 1 aromatic rings. The van der Waals surface area contributed by atoms with Gasteiger partial charge in [0.1, 0.15) is 0 Å². The maximum atomic E-state index is 5.02. The molecular weight excluding hydrogens is 158 g/mol. The van der Waals surface area contributed by atoms with Gasteiger partial charge in [-0.3, -0.25) is 0 Å². The van der Waals surface area contributed by atoms with Crippen molar-refractivity contribution in [2.45, 2.75) is 0 Å². The smallest absolute Gasteiger partial charge is 0.0715 e. The second-order valence-electron chi connectivity index (χ2n) is 2.25. The van der Waals surface area contributed by atoms with Crippen LogP contribution in [-0.2, 0) is 4.74 Å². The van der Waals surface area contributed by atoms with E-state index in [1.54, 1.807) is 6.20 Å². The summed E-state index contributed by atoms with van der Waals surface area (Å²) in [5.41, 5.74) is 0. The lowest BCUT2D eigenvalue weighted by molar-refractivity contribution is 0.109. The molecule has 0 aliphatic carbocycles. The molecule has 0 unspecified atom stereocenters. The van der Waals surface area contributed by atoms with Gasteiger partial charge in [0, 0.05) is 13.1 Å². The molecular formula is C6H13N5O. The summed E-state index contributed by atoms with van der Waals surface area (Å²) in [7, 11) is 0. The summed E-state index contributed by atoms with van der Waals surface area (Å²) in [4.78, 5) is 1.14. The second-order valence-corrected chi connectivity index (χ2v) is 2.25. The number of aromatic nitrogens is 3. The summed E-state index contributed by atoms with van der Waals surface area (Å²) in [5.74, 6) is 5.02. The van der Waals surface area contributed by atoms with Crippen molar-refractivity contribution in [1.82, 2.24) is 20.4 Å². The molecule has 12 heavy (non-hydrogen) atoms. The number of rotatable bonds is 0. The van der Waals surface area contributed by atoms with Gasteiger partial charge in [-0.25, -0.2) is 0 Å². The Hall–Kier alpha value is -1.14. The number of hydrogen-bond donors (Lipinski definition) is 2. The largest absolute Gasteiger partial charge is 0.379 e. The molecule has 0 atom stereocenters. The molecule has 2 heterocycles. The molecule has 3 N–H and O–H groups in total. The van der Waals surface area contributed by atoms with E-state index in [4.69, 9.17) is 10.6 Å². The highest BCUT2D eigenvalue weighted by Gasteiger charge is 1.92. The Morgan fingerprint density at radius 3 is 2.33 bits per heavy atom. The number of nitrogens with zero attached hydrogens (tertiary/aromatic N) is 3. The normalized spacial score (nSPS) is 16.3. The van der Waals surface area contributed by atoms with Gasteiger partial charge in [0.15, 0.2) is 0 Å². The molecule has 2 rings (SSSR count). The van der Waals surface area contributed by atoms with Gasteiger partial charge < -0.3 is 15.9 Å². The lowest BCUT2D eigenvalue weighted by Crippen LogP contribution is -2.30. The maximum Gasteiger partial charge on any atom is 0.0715 e. The van der Waals surface area contributed by atoms with E-state index in [2.05, 4.69) is 15.6 Å². The molecule has 0 spiro atoms. The lowest BCUT2D eigenvalue weighted by atomic mass is 10.5. The lowest BCUT2D eigenvalue weighted by Gasteiger charge is -2.10. The fourth-order valence-corrected chi connectivity index (χ4v) is 0.733. The van der Waals surface area contributed by atoms with E-state index in [9.17, 15) is 0 Å². The Morgan fingerprint density at radius 2 is 2.17 bits per heavy atom. The van der Waals surface area contributed by atoms with E-state index in [0.29, 0.717) is 0 Å². The highest BCUT2D eigenvalue weighted by atomic mass is 16.5. The minimum atomic E-state index is 0.889. The zero-order valence-electron chi connectivity index (χ0n) is 6.81. The van der Waals surface area contributed by atoms with E-state index in [-0.39, 0.29) is 0 Å². The summed E-state index contributed by atoms with van der Waals surface area (Å²) >= 11 is 0. The minimum Gasteiger partial charge on any atom is -0.379 e. The van der Waals surface area contributed by atoms with Crippen LogP contribution in [0.5, 0.6) is 0 Å². The number of nitrogens with two attached hydrogens (primary N) is 1. The average Bonchev–Trinajstić information content (AvgIpc) is 2.60. The molecule has 1 aliphatic heterocycles. The third kappa shape index (κ3) is 3.89. The Labute approximate surface area is 70.7 Å². The third-order valence-corrected chi connectivity index (χ3v) is 1.29.